The molecule has 0 heterocycles. The monoisotopic (exact) mass is 307 g/mol. The van der Waals surface area contributed by atoms with E-state index >= 15 is 0 Å². The van der Waals surface area contributed by atoms with Crippen LogP contribution in [0, 0.1) is 17.1 Å². The first-order valence-corrected chi connectivity index (χ1v) is 6.22. The summed E-state index contributed by atoms with van der Waals surface area (Å²) in [5, 5.41) is 8.73. The lowest BCUT2D eigenvalue weighted by Crippen LogP contribution is -2.10. The zero-order valence-corrected chi connectivity index (χ0v) is 11.1. The maximum Gasteiger partial charge on any atom is 0.446 e. The van der Waals surface area contributed by atoms with E-state index in [9.17, 15) is 22.4 Å². The molecule has 108 valence electrons. The second kappa shape index (κ2) is 6.61. The van der Waals surface area contributed by atoms with E-state index in [4.69, 9.17) is 5.26 Å². The van der Waals surface area contributed by atoms with Crippen LogP contribution in [0.15, 0.2) is 17.0 Å². The van der Waals surface area contributed by atoms with E-state index < -0.39 is 40.4 Å². The van der Waals surface area contributed by atoms with Crippen LogP contribution in [0.4, 0.5) is 17.6 Å². The third-order valence-electron chi connectivity index (χ3n) is 2.11. The van der Waals surface area contributed by atoms with Crippen molar-refractivity contribution in [1.29, 1.82) is 5.26 Å². The van der Waals surface area contributed by atoms with Crippen molar-refractivity contribution in [2.45, 2.75) is 23.7 Å². The number of nitriles is 1. The van der Waals surface area contributed by atoms with Crippen LogP contribution in [-0.2, 0) is 16.0 Å². The number of rotatable bonds is 4. The summed E-state index contributed by atoms with van der Waals surface area (Å²) in [4.78, 5) is 10.5. The predicted molar refractivity (Wildman–Crippen MR) is 63.4 cm³/mol. The minimum Gasteiger partial charge on any atom is -0.466 e. The van der Waals surface area contributed by atoms with Crippen molar-refractivity contribution < 1.29 is 27.1 Å². The maximum absolute atomic E-state index is 13.9. The molecule has 0 spiro atoms. The van der Waals surface area contributed by atoms with E-state index in [2.05, 4.69) is 4.74 Å². The molecule has 0 fully saturated rings. The summed E-state index contributed by atoms with van der Waals surface area (Å²) in [6, 6.07) is 3.45. The fourth-order valence-electron chi connectivity index (χ4n) is 1.42. The molecule has 1 aromatic rings. The Labute approximate surface area is 116 Å². The molecule has 1 rings (SSSR count). The molecule has 0 aromatic heterocycles. The van der Waals surface area contributed by atoms with Gasteiger partial charge in [-0.3, -0.25) is 4.79 Å². The highest BCUT2D eigenvalue weighted by Crippen LogP contribution is 2.39. The van der Waals surface area contributed by atoms with Crippen LogP contribution in [0.3, 0.4) is 0 Å². The van der Waals surface area contributed by atoms with Crippen LogP contribution >= 0.6 is 11.8 Å². The van der Waals surface area contributed by atoms with Gasteiger partial charge in [-0.05, 0) is 30.8 Å². The van der Waals surface area contributed by atoms with Crippen molar-refractivity contribution in [2.24, 2.45) is 0 Å². The summed E-state index contributed by atoms with van der Waals surface area (Å²) in [6.07, 6.45) is -0.527. The molecule has 0 aliphatic carbocycles. The van der Waals surface area contributed by atoms with Gasteiger partial charge in [-0.2, -0.15) is 18.4 Å². The van der Waals surface area contributed by atoms with Crippen LogP contribution in [0.25, 0.3) is 0 Å². The van der Waals surface area contributed by atoms with Crippen molar-refractivity contribution in [3.8, 4) is 6.07 Å². The summed E-state index contributed by atoms with van der Waals surface area (Å²) in [5.41, 5.74) is -5.14. The molecule has 0 radical (unpaired) electrons. The number of carbonyl (C=O) groups excluding carboxylic acids is 1. The van der Waals surface area contributed by atoms with Crippen molar-refractivity contribution in [1.82, 2.24) is 0 Å². The minimum atomic E-state index is -4.68. The zero-order chi connectivity index (χ0) is 15.3. The summed E-state index contributed by atoms with van der Waals surface area (Å²) in [6.45, 7) is 1.62. The van der Waals surface area contributed by atoms with Gasteiger partial charge in [0.1, 0.15) is 5.82 Å². The predicted octanol–water partition coefficient (Wildman–Crippen LogP) is 3.41. The topological polar surface area (TPSA) is 50.1 Å². The Bertz CT molecular complexity index is 552. The summed E-state index contributed by atoms with van der Waals surface area (Å²) in [5.74, 6) is -1.94. The number of alkyl halides is 3. The van der Waals surface area contributed by atoms with Crippen LogP contribution in [0.5, 0.6) is 0 Å². The van der Waals surface area contributed by atoms with Crippen LogP contribution in [-0.4, -0.2) is 18.1 Å². The quantitative estimate of drug-likeness (QED) is 0.486. The fourth-order valence-corrected chi connectivity index (χ4v) is 2.07. The fraction of sp³-hybridized carbons (Fsp3) is 0.333. The lowest BCUT2D eigenvalue weighted by Gasteiger charge is -2.10. The Balaban J connectivity index is 3.15. The van der Waals surface area contributed by atoms with Crippen molar-refractivity contribution in [3.63, 3.8) is 0 Å². The molecular formula is C12H9F4NO2S. The highest BCUT2D eigenvalue weighted by molar-refractivity contribution is 8.00. The first-order chi connectivity index (χ1) is 9.26. The number of hydrogen-bond acceptors (Lipinski definition) is 4. The largest absolute Gasteiger partial charge is 0.466 e. The summed E-state index contributed by atoms with van der Waals surface area (Å²) < 4.78 is 55.4. The number of thioether (sulfide) groups is 1. The molecule has 0 saturated heterocycles. The van der Waals surface area contributed by atoms with Crippen LogP contribution in [0.2, 0.25) is 0 Å². The Kier molecular flexibility index (Phi) is 5.39. The number of nitrogens with zero attached hydrogens (tertiary/aromatic N) is 1. The molecular weight excluding hydrogens is 298 g/mol. The van der Waals surface area contributed by atoms with Crippen molar-refractivity contribution in [3.05, 3.63) is 29.1 Å². The van der Waals surface area contributed by atoms with Gasteiger partial charge in [0.05, 0.1) is 29.6 Å². The minimum absolute atomic E-state index is 0.0720. The number of benzene rings is 1. The normalized spacial score (nSPS) is 11.0. The molecule has 3 nitrogen and oxygen atoms in total. The second-order valence-electron chi connectivity index (χ2n) is 3.59. The van der Waals surface area contributed by atoms with E-state index in [1.165, 1.54) is 0 Å². The number of halogens is 4. The number of esters is 1. The highest BCUT2D eigenvalue weighted by Gasteiger charge is 2.31. The summed E-state index contributed by atoms with van der Waals surface area (Å²) >= 11 is -0.667. The second-order valence-corrected chi connectivity index (χ2v) is 4.70. The van der Waals surface area contributed by atoms with Gasteiger partial charge in [0.25, 0.3) is 0 Å². The van der Waals surface area contributed by atoms with Crippen molar-refractivity contribution >= 4 is 17.7 Å². The van der Waals surface area contributed by atoms with Crippen molar-refractivity contribution in [2.75, 3.05) is 6.61 Å². The van der Waals surface area contributed by atoms with E-state index in [1.807, 2.05) is 0 Å². The molecule has 0 bridgehead atoms. The molecule has 8 heteroatoms. The summed E-state index contributed by atoms with van der Waals surface area (Å²) in [7, 11) is 0. The lowest BCUT2D eigenvalue weighted by atomic mass is 10.1. The molecule has 0 atom stereocenters. The van der Waals surface area contributed by atoms with E-state index in [-0.39, 0.29) is 17.7 Å². The average Bonchev–Trinajstić information content (AvgIpc) is 2.32. The Morgan fingerprint density at radius 2 is 2.10 bits per heavy atom. The molecule has 0 aliphatic heterocycles. The van der Waals surface area contributed by atoms with Crippen LogP contribution < -0.4 is 0 Å². The third-order valence-corrected chi connectivity index (χ3v) is 2.86. The van der Waals surface area contributed by atoms with Crippen LogP contribution in [0.1, 0.15) is 18.1 Å². The highest BCUT2D eigenvalue weighted by atomic mass is 32.2. The third kappa shape index (κ3) is 4.74. The maximum atomic E-state index is 13.9. The SMILES string of the molecule is CCOC(=O)Cc1cc(C#N)cc(SC(F)(F)F)c1F. The molecule has 0 amide bonds. The lowest BCUT2D eigenvalue weighted by molar-refractivity contribution is -0.142. The van der Waals surface area contributed by atoms with E-state index in [0.29, 0.717) is 0 Å². The molecule has 0 aliphatic rings. The number of ether oxygens (including phenoxy) is 1. The molecule has 0 unspecified atom stereocenters. The van der Waals surface area contributed by atoms with E-state index in [1.54, 1.807) is 13.0 Å². The number of hydrogen-bond donors (Lipinski definition) is 0. The molecule has 20 heavy (non-hydrogen) atoms. The molecule has 0 saturated carbocycles. The van der Waals surface area contributed by atoms with E-state index in [0.717, 1.165) is 12.1 Å². The van der Waals surface area contributed by atoms with Gasteiger partial charge < -0.3 is 4.74 Å². The standard InChI is InChI=1S/C12H9F4NO2S/c1-2-19-10(18)5-8-3-7(6-17)4-9(11(8)13)20-12(14,15)16/h3-4H,2,5H2,1H3. The van der Waals surface area contributed by atoms with Gasteiger partial charge in [0.2, 0.25) is 0 Å². The van der Waals surface area contributed by atoms with Gasteiger partial charge in [-0.15, -0.1) is 0 Å². The smallest absolute Gasteiger partial charge is 0.446 e. The van der Waals surface area contributed by atoms with Gasteiger partial charge in [-0.1, -0.05) is 0 Å². The Hall–Kier alpha value is -1.75. The molecule has 1 aromatic carbocycles. The van der Waals surface area contributed by atoms with Gasteiger partial charge in [-0.25, -0.2) is 4.39 Å². The average molecular weight is 307 g/mol. The number of carbonyl (C=O) groups is 1. The zero-order valence-electron chi connectivity index (χ0n) is 10.3. The molecule has 0 N–H and O–H groups in total. The first-order valence-electron chi connectivity index (χ1n) is 5.40. The van der Waals surface area contributed by atoms with Gasteiger partial charge >= 0.3 is 11.5 Å². The van der Waals surface area contributed by atoms with Gasteiger partial charge in [0, 0.05) is 5.56 Å². The first kappa shape index (κ1) is 16.3. The Morgan fingerprint density at radius 3 is 2.60 bits per heavy atom. The van der Waals surface area contributed by atoms with Gasteiger partial charge in [0.15, 0.2) is 0 Å². The Morgan fingerprint density at radius 1 is 1.45 bits per heavy atom.